The van der Waals surface area contributed by atoms with Gasteiger partial charge in [0.1, 0.15) is 27.9 Å². The number of benzene rings is 1. The number of carbonyl (C=O) groups excluding carboxylic acids is 1. The van der Waals surface area contributed by atoms with Crippen molar-refractivity contribution in [2.45, 2.75) is 38.1 Å². The van der Waals surface area contributed by atoms with Gasteiger partial charge < -0.3 is 10.1 Å². The molecule has 0 bridgehead atoms. The average molecular weight is 380 g/mol. The second kappa shape index (κ2) is 8.66. The van der Waals surface area contributed by atoms with Crippen molar-refractivity contribution in [2.24, 2.45) is 0 Å². The molecule has 1 aromatic carbocycles. The van der Waals surface area contributed by atoms with E-state index >= 15 is 0 Å². The predicted octanol–water partition coefficient (Wildman–Crippen LogP) is 3.76. The van der Waals surface area contributed by atoms with Gasteiger partial charge in [0.2, 0.25) is 0 Å². The Morgan fingerprint density at radius 3 is 2.44 bits per heavy atom. The normalized spacial score (nSPS) is 17.3. The van der Waals surface area contributed by atoms with Crippen molar-refractivity contribution in [2.75, 3.05) is 12.0 Å². The summed E-state index contributed by atoms with van der Waals surface area (Å²) in [7, 11) is 1.33. The number of para-hydroxylation sites is 1. The van der Waals surface area contributed by atoms with Crippen LogP contribution in [0.2, 0.25) is 0 Å². The van der Waals surface area contributed by atoms with Crippen LogP contribution in [0.1, 0.15) is 32.1 Å². The van der Waals surface area contributed by atoms with Crippen molar-refractivity contribution in [1.29, 1.82) is 10.5 Å². The molecule has 1 heterocycles. The van der Waals surface area contributed by atoms with E-state index in [1.807, 2.05) is 42.5 Å². The first-order valence-electron chi connectivity index (χ1n) is 8.86. The Labute approximate surface area is 163 Å². The molecule has 138 valence electrons. The highest BCUT2D eigenvalue weighted by atomic mass is 32.2. The van der Waals surface area contributed by atoms with Crippen LogP contribution in [-0.2, 0) is 9.53 Å². The number of thioether (sulfide) groups is 1. The lowest BCUT2D eigenvalue weighted by Gasteiger charge is -2.30. The third-order valence-corrected chi connectivity index (χ3v) is 5.75. The van der Waals surface area contributed by atoms with E-state index in [4.69, 9.17) is 4.74 Å². The van der Waals surface area contributed by atoms with E-state index < -0.39 is 5.97 Å². The summed E-state index contributed by atoms with van der Waals surface area (Å²) in [5.41, 5.74) is 0.742. The Bertz CT molecular complexity index is 842. The van der Waals surface area contributed by atoms with Gasteiger partial charge in [-0.05, 0) is 25.0 Å². The molecule has 0 amide bonds. The van der Waals surface area contributed by atoms with Gasteiger partial charge in [-0.3, -0.25) is 4.90 Å². The van der Waals surface area contributed by atoms with Gasteiger partial charge in [0, 0.05) is 11.7 Å². The van der Waals surface area contributed by atoms with E-state index in [1.54, 1.807) is 4.90 Å². The number of allylic oxidation sites excluding steroid dienone is 1. The molecule has 1 N–H and O–H groups in total. The maximum atomic E-state index is 12.4. The second-order valence-electron chi connectivity index (χ2n) is 6.33. The first kappa shape index (κ1) is 18.9. The molecule has 0 atom stereocenters. The zero-order valence-electron chi connectivity index (χ0n) is 15.1. The van der Waals surface area contributed by atoms with Crippen LogP contribution in [0, 0.1) is 22.7 Å². The van der Waals surface area contributed by atoms with Gasteiger partial charge in [0.05, 0.1) is 7.11 Å². The van der Waals surface area contributed by atoms with Crippen molar-refractivity contribution < 1.29 is 9.53 Å². The van der Waals surface area contributed by atoms with Gasteiger partial charge in [-0.2, -0.15) is 10.5 Å². The van der Waals surface area contributed by atoms with E-state index in [0.717, 1.165) is 43.1 Å². The predicted molar refractivity (Wildman–Crippen MR) is 104 cm³/mol. The first-order valence-corrected chi connectivity index (χ1v) is 9.68. The van der Waals surface area contributed by atoms with Crippen LogP contribution in [0.15, 0.2) is 51.7 Å². The Morgan fingerprint density at radius 1 is 1.19 bits per heavy atom. The van der Waals surface area contributed by atoms with E-state index in [9.17, 15) is 15.3 Å². The Balaban J connectivity index is 2.11. The summed E-state index contributed by atoms with van der Waals surface area (Å²) in [6, 6.07) is 13.6. The number of hydrogen-bond acceptors (Lipinski definition) is 7. The van der Waals surface area contributed by atoms with Crippen molar-refractivity contribution in [3.8, 4) is 12.1 Å². The van der Waals surface area contributed by atoms with Gasteiger partial charge in [0.15, 0.2) is 5.57 Å². The number of esters is 1. The fourth-order valence-electron chi connectivity index (χ4n) is 3.30. The van der Waals surface area contributed by atoms with E-state index in [1.165, 1.54) is 13.5 Å². The lowest BCUT2D eigenvalue weighted by atomic mass is 9.95. The minimum atomic E-state index is -0.482. The largest absolute Gasteiger partial charge is 0.465 e. The first-order chi connectivity index (χ1) is 13.2. The highest BCUT2D eigenvalue weighted by molar-refractivity contribution is 8.08. The molecule has 1 fully saturated rings. The molecule has 7 heteroatoms. The van der Waals surface area contributed by atoms with Gasteiger partial charge in [0.25, 0.3) is 0 Å². The molecule has 1 saturated carbocycles. The molecule has 0 aromatic heterocycles. The zero-order valence-corrected chi connectivity index (χ0v) is 15.9. The second-order valence-corrected chi connectivity index (χ2v) is 7.32. The van der Waals surface area contributed by atoms with Crippen LogP contribution in [0.5, 0.6) is 0 Å². The highest BCUT2D eigenvalue weighted by Crippen LogP contribution is 2.45. The lowest BCUT2D eigenvalue weighted by molar-refractivity contribution is -0.135. The minimum Gasteiger partial charge on any atom is -0.465 e. The third kappa shape index (κ3) is 3.94. The molecule has 1 aliphatic carbocycles. The third-order valence-electron chi connectivity index (χ3n) is 4.61. The van der Waals surface area contributed by atoms with Gasteiger partial charge in [-0.1, -0.05) is 49.2 Å². The lowest BCUT2D eigenvalue weighted by Crippen LogP contribution is -2.37. The highest BCUT2D eigenvalue weighted by Gasteiger charge is 2.37. The molecule has 0 unspecified atom stereocenters. The number of anilines is 1. The molecular formula is C20H20N4O2S. The molecule has 2 aliphatic rings. The van der Waals surface area contributed by atoms with E-state index in [-0.39, 0.29) is 11.6 Å². The van der Waals surface area contributed by atoms with Crippen LogP contribution >= 0.6 is 11.8 Å². The van der Waals surface area contributed by atoms with Crippen molar-refractivity contribution in [1.82, 2.24) is 5.32 Å². The van der Waals surface area contributed by atoms with Crippen LogP contribution in [0.3, 0.4) is 0 Å². The molecule has 27 heavy (non-hydrogen) atoms. The summed E-state index contributed by atoms with van der Waals surface area (Å²) >= 11 is 1.10. The summed E-state index contributed by atoms with van der Waals surface area (Å²) in [6.07, 6.45) is 5.54. The smallest absolute Gasteiger partial charge is 0.348 e. The molecule has 0 spiro atoms. The average Bonchev–Trinajstić information content (AvgIpc) is 3.08. The van der Waals surface area contributed by atoms with Gasteiger partial charge >= 0.3 is 5.97 Å². The van der Waals surface area contributed by atoms with Gasteiger partial charge in [-0.15, -0.1) is 0 Å². The number of nitrogens with one attached hydrogen (secondary N) is 1. The monoisotopic (exact) mass is 380 g/mol. The fraction of sp³-hybridized carbons (Fsp3) is 0.350. The van der Waals surface area contributed by atoms with Gasteiger partial charge in [-0.25, -0.2) is 4.79 Å². The molecule has 1 aliphatic heterocycles. The van der Waals surface area contributed by atoms with Crippen LogP contribution in [-0.4, -0.2) is 19.1 Å². The molecule has 0 saturated heterocycles. The number of nitrogens with zero attached hydrogens (tertiary/aromatic N) is 3. The van der Waals surface area contributed by atoms with Crippen LogP contribution in [0.25, 0.3) is 0 Å². The number of nitriles is 2. The Morgan fingerprint density at radius 2 is 1.85 bits per heavy atom. The number of hydrogen-bond donors (Lipinski definition) is 1. The maximum Gasteiger partial charge on any atom is 0.348 e. The summed E-state index contributed by atoms with van der Waals surface area (Å²) in [6.45, 7) is 0. The van der Waals surface area contributed by atoms with Crippen LogP contribution < -0.4 is 10.2 Å². The van der Waals surface area contributed by atoms with E-state index in [0.29, 0.717) is 15.8 Å². The summed E-state index contributed by atoms with van der Waals surface area (Å²) in [4.78, 5) is 14.6. The molecule has 1 aromatic rings. The molecule has 3 rings (SSSR count). The number of methoxy groups -OCH3 is 1. The summed E-state index contributed by atoms with van der Waals surface area (Å²) in [5.74, 6) is 0.104. The Hall–Kier alpha value is -2.90. The van der Waals surface area contributed by atoms with E-state index in [2.05, 4.69) is 5.32 Å². The number of carbonyl (C=O) groups is 1. The summed E-state index contributed by atoms with van der Waals surface area (Å²) < 4.78 is 4.96. The topological polar surface area (TPSA) is 89.2 Å². The van der Waals surface area contributed by atoms with Crippen LogP contribution in [0.4, 0.5) is 5.69 Å². The molecule has 6 nitrogen and oxygen atoms in total. The van der Waals surface area contributed by atoms with Crippen molar-refractivity contribution >= 4 is 23.4 Å². The molecular weight excluding hydrogens is 360 g/mol. The Kier molecular flexibility index (Phi) is 6.05. The SMILES string of the molecule is COC(=O)C1=C(NC2CCCCC2)N(c2ccccc2)C(=C(C#N)C#N)S1. The number of ether oxygens (including phenoxy) is 1. The van der Waals surface area contributed by atoms with Crippen molar-refractivity contribution in [3.63, 3.8) is 0 Å². The molecule has 0 radical (unpaired) electrons. The maximum absolute atomic E-state index is 12.4. The van der Waals surface area contributed by atoms with Crippen molar-refractivity contribution in [3.05, 3.63) is 51.7 Å². The minimum absolute atomic E-state index is 0.0364. The quantitative estimate of drug-likeness (QED) is 0.628. The summed E-state index contributed by atoms with van der Waals surface area (Å²) in [5, 5.41) is 22.7. The zero-order chi connectivity index (χ0) is 19.2. The number of rotatable bonds is 4. The fourth-order valence-corrected chi connectivity index (χ4v) is 4.39. The standard InChI is InChI=1S/C20H20N4O2S/c1-26-20(25)17-18(23-15-8-4-2-5-9-15)24(16-10-6-3-7-11-16)19(27-17)14(12-21)13-22/h3,6-7,10-11,15,23H,2,4-5,8-9H2,1H3.